The lowest BCUT2D eigenvalue weighted by atomic mass is 9.75. The van der Waals surface area contributed by atoms with Crippen LogP contribution in [0, 0.1) is 5.41 Å². The van der Waals surface area contributed by atoms with Gasteiger partial charge in [0, 0.05) is 18.5 Å². The number of hydrogen-bond donors (Lipinski definition) is 0. The fourth-order valence-electron chi connectivity index (χ4n) is 3.91. The van der Waals surface area contributed by atoms with Crippen LogP contribution in [-0.4, -0.2) is 36.5 Å². The molecule has 1 amide bonds. The summed E-state index contributed by atoms with van der Waals surface area (Å²) in [5.41, 5.74) is 1.40. The van der Waals surface area contributed by atoms with E-state index < -0.39 is 5.41 Å². The van der Waals surface area contributed by atoms with Crippen molar-refractivity contribution in [3.63, 3.8) is 0 Å². The smallest absolute Gasteiger partial charge is 0.313 e. The lowest BCUT2D eigenvalue weighted by Crippen LogP contribution is -2.50. The Bertz CT molecular complexity index is 744. The van der Waals surface area contributed by atoms with Gasteiger partial charge in [-0.2, -0.15) is 11.3 Å². The molecule has 1 saturated heterocycles. The minimum atomic E-state index is -0.589. The molecule has 3 rings (SSSR count). The Labute approximate surface area is 165 Å². The molecule has 0 radical (unpaired) electrons. The number of piperidine rings is 1. The van der Waals surface area contributed by atoms with Gasteiger partial charge in [-0.05, 0) is 56.0 Å². The Hall–Kier alpha value is -2.14. The highest BCUT2D eigenvalue weighted by Crippen LogP contribution is 2.37. The van der Waals surface area contributed by atoms with Crippen molar-refractivity contribution in [2.45, 2.75) is 39.0 Å². The molecule has 5 heteroatoms. The van der Waals surface area contributed by atoms with E-state index in [1.165, 1.54) is 16.9 Å². The number of benzene rings is 1. The summed E-state index contributed by atoms with van der Waals surface area (Å²) in [7, 11) is 0. The van der Waals surface area contributed by atoms with Gasteiger partial charge in [0.2, 0.25) is 0 Å². The molecule has 1 aromatic heterocycles. The zero-order chi connectivity index (χ0) is 19.1. The van der Waals surface area contributed by atoms with E-state index in [4.69, 9.17) is 4.74 Å². The van der Waals surface area contributed by atoms with Crippen LogP contribution in [0.1, 0.15) is 48.5 Å². The topological polar surface area (TPSA) is 46.6 Å². The Kier molecular flexibility index (Phi) is 6.67. The van der Waals surface area contributed by atoms with Gasteiger partial charge in [-0.25, -0.2) is 0 Å². The zero-order valence-electron chi connectivity index (χ0n) is 15.9. The molecule has 0 spiro atoms. The minimum absolute atomic E-state index is 0.0210. The van der Waals surface area contributed by atoms with Gasteiger partial charge in [0.1, 0.15) is 0 Å². The number of carbonyl (C=O) groups is 2. The first-order chi connectivity index (χ1) is 13.1. The van der Waals surface area contributed by atoms with Gasteiger partial charge in [0.05, 0.1) is 17.6 Å². The predicted molar refractivity (Wildman–Crippen MR) is 108 cm³/mol. The van der Waals surface area contributed by atoms with Crippen LogP contribution in [0.4, 0.5) is 0 Å². The van der Waals surface area contributed by atoms with Crippen molar-refractivity contribution in [2.75, 3.05) is 19.7 Å². The van der Waals surface area contributed by atoms with E-state index in [9.17, 15) is 9.59 Å². The third-order valence-electron chi connectivity index (χ3n) is 5.30. The van der Waals surface area contributed by atoms with Crippen LogP contribution >= 0.6 is 11.3 Å². The van der Waals surface area contributed by atoms with Crippen LogP contribution in [0.25, 0.3) is 0 Å². The number of carbonyl (C=O) groups excluding carboxylic acids is 2. The molecule has 27 heavy (non-hydrogen) atoms. The SMILES string of the molecule is CCOC(=O)C1(CCCc2ccccc2)CCCN(C(=O)c2ccsc2)C1. The fourth-order valence-corrected chi connectivity index (χ4v) is 4.54. The van der Waals surface area contributed by atoms with E-state index in [1.54, 1.807) is 0 Å². The third kappa shape index (κ3) is 4.78. The van der Waals surface area contributed by atoms with Crippen molar-refractivity contribution in [1.82, 2.24) is 4.90 Å². The number of hydrogen-bond acceptors (Lipinski definition) is 4. The van der Waals surface area contributed by atoms with Crippen molar-refractivity contribution in [3.8, 4) is 0 Å². The highest BCUT2D eigenvalue weighted by Gasteiger charge is 2.44. The highest BCUT2D eigenvalue weighted by molar-refractivity contribution is 7.08. The summed E-state index contributed by atoms with van der Waals surface area (Å²) in [6.45, 7) is 3.37. The van der Waals surface area contributed by atoms with Crippen LogP contribution in [0.5, 0.6) is 0 Å². The molecular formula is C22H27NO3S. The van der Waals surface area contributed by atoms with Crippen molar-refractivity contribution in [3.05, 3.63) is 58.3 Å². The van der Waals surface area contributed by atoms with E-state index in [0.29, 0.717) is 25.3 Å². The molecule has 1 unspecified atom stereocenters. The third-order valence-corrected chi connectivity index (χ3v) is 5.99. The quantitative estimate of drug-likeness (QED) is 0.657. The maximum Gasteiger partial charge on any atom is 0.313 e. The zero-order valence-corrected chi connectivity index (χ0v) is 16.7. The molecule has 4 nitrogen and oxygen atoms in total. The van der Waals surface area contributed by atoms with Gasteiger partial charge in [-0.1, -0.05) is 30.3 Å². The highest BCUT2D eigenvalue weighted by atomic mass is 32.1. The largest absolute Gasteiger partial charge is 0.466 e. The minimum Gasteiger partial charge on any atom is -0.466 e. The number of nitrogens with zero attached hydrogens (tertiary/aromatic N) is 1. The van der Waals surface area contributed by atoms with E-state index in [1.807, 2.05) is 46.8 Å². The average Bonchev–Trinajstić information content (AvgIpc) is 3.23. The van der Waals surface area contributed by atoms with Crippen LogP contribution in [0.3, 0.4) is 0 Å². The molecular weight excluding hydrogens is 358 g/mol. The Morgan fingerprint density at radius 3 is 2.74 bits per heavy atom. The molecule has 144 valence electrons. The number of rotatable bonds is 7. The Morgan fingerprint density at radius 1 is 1.22 bits per heavy atom. The van der Waals surface area contributed by atoms with Gasteiger partial charge >= 0.3 is 5.97 Å². The second-order valence-corrected chi connectivity index (χ2v) is 7.96. The van der Waals surface area contributed by atoms with Crippen LogP contribution in [0.15, 0.2) is 47.2 Å². The summed E-state index contributed by atoms with van der Waals surface area (Å²) in [6.07, 6.45) is 4.20. The summed E-state index contributed by atoms with van der Waals surface area (Å²) in [6, 6.07) is 12.2. The second-order valence-electron chi connectivity index (χ2n) is 7.18. The van der Waals surface area contributed by atoms with Crippen LogP contribution in [-0.2, 0) is 16.0 Å². The summed E-state index contributed by atoms with van der Waals surface area (Å²) in [4.78, 5) is 27.5. The Morgan fingerprint density at radius 2 is 2.04 bits per heavy atom. The first kappa shape index (κ1) is 19.6. The molecule has 0 N–H and O–H groups in total. The summed E-state index contributed by atoms with van der Waals surface area (Å²) in [5.74, 6) is -0.131. The molecule has 0 bridgehead atoms. The van der Waals surface area contributed by atoms with E-state index >= 15 is 0 Å². The number of likely N-dealkylation sites (tertiary alicyclic amines) is 1. The van der Waals surface area contributed by atoms with Crippen LogP contribution in [0.2, 0.25) is 0 Å². The number of ether oxygens (including phenoxy) is 1. The fraction of sp³-hybridized carbons (Fsp3) is 0.455. The first-order valence-electron chi connectivity index (χ1n) is 9.67. The molecule has 1 aliphatic rings. The first-order valence-corrected chi connectivity index (χ1v) is 10.6. The lowest BCUT2D eigenvalue weighted by Gasteiger charge is -2.41. The average molecular weight is 386 g/mol. The van der Waals surface area contributed by atoms with Gasteiger partial charge in [0.15, 0.2) is 0 Å². The standard InChI is InChI=1S/C22H27NO3S/c1-2-26-21(25)22(12-6-10-18-8-4-3-5-9-18)13-7-14-23(17-22)20(24)19-11-15-27-16-19/h3-5,8-9,11,15-16H,2,6-7,10,12-14,17H2,1H3. The van der Waals surface area contributed by atoms with Crippen molar-refractivity contribution >= 4 is 23.2 Å². The molecule has 1 aromatic carbocycles. The van der Waals surface area contributed by atoms with Crippen molar-refractivity contribution in [2.24, 2.45) is 5.41 Å². The summed E-state index contributed by atoms with van der Waals surface area (Å²) in [5, 5.41) is 3.79. The van der Waals surface area contributed by atoms with E-state index in [2.05, 4.69) is 12.1 Å². The molecule has 0 saturated carbocycles. The molecule has 2 aromatic rings. The maximum atomic E-state index is 12.9. The number of esters is 1. The van der Waals surface area contributed by atoms with Crippen molar-refractivity contribution < 1.29 is 14.3 Å². The molecule has 2 heterocycles. The summed E-state index contributed by atoms with van der Waals surface area (Å²) >= 11 is 1.52. The molecule has 1 fully saturated rings. The monoisotopic (exact) mass is 385 g/mol. The lowest BCUT2D eigenvalue weighted by molar-refractivity contribution is -0.159. The number of aryl methyl sites for hydroxylation is 1. The van der Waals surface area contributed by atoms with Gasteiger partial charge < -0.3 is 9.64 Å². The second kappa shape index (κ2) is 9.18. The van der Waals surface area contributed by atoms with Crippen molar-refractivity contribution in [1.29, 1.82) is 0 Å². The van der Waals surface area contributed by atoms with Gasteiger partial charge in [0.25, 0.3) is 5.91 Å². The van der Waals surface area contributed by atoms with E-state index in [0.717, 1.165) is 32.1 Å². The summed E-state index contributed by atoms with van der Waals surface area (Å²) < 4.78 is 5.43. The number of thiophene rings is 1. The maximum absolute atomic E-state index is 12.9. The Balaban J connectivity index is 1.71. The number of amides is 1. The normalized spacial score (nSPS) is 19.7. The molecule has 0 aliphatic carbocycles. The molecule has 1 atom stereocenters. The van der Waals surface area contributed by atoms with Gasteiger partial charge in [-0.3, -0.25) is 9.59 Å². The predicted octanol–water partition coefficient (Wildman–Crippen LogP) is 4.56. The van der Waals surface area contributed by atoms with Crippen LogP contribution < -0.4 is 0 Å². The van der Waals surface area contributed by atoms with E-state index in [-0.39, 0.29) is 11.9 Å². The van der Waals surface area contributed by atoms with Gasteiger partial charge in [-0.15, -0.1) is 0 Å². The molecule has 1 aliphatic heterocycles.